The van der Waals surface area contributed by atoms with E-state index in [0.29, 0.717) is 12.3 Å². The third-order valence-electron chi connectivity index (χ3n) is 6.56. The van der Waals surface area contributed by atoms with Gasteiger partial charge in [0.05, 0.1) is 6.61 Å². The molecule has 186 valence electrons. The molecule has 35 heavy (non-hydrogen) atoms. The molecule has 0 radical (unpaired) electrons. The SMILES string of the molecule is C[C@@H]1CN([C@H](C)CO)S(=O)(=O)c2ccc(-c3ccccc3)cc2O[C@@H]1CN(C)Cc1ccccc1. The number of rotatable bonds is 7. The number of aliphatic hydroxyl groups excluding tert-OH is 1. The van der Waals surface area contributed by atoms with Gasteiger partial charge in [-0.25, -0.2) is 8.42 Å². The fourth-order valence-electron chi connectivity index (χ4n) is 4.52. The highest BCUT2D eigenvalue weighted by Gasteiger charge is 2.38. The Bertz CT molecular complexity index is 1220. The Morgan fingerprint density at radius 2 is 1.69 bits per heavy atom. The number of hydrogen-bond donors (Lipinski definition) is 1. The molecule has 1 aliphatic rings. The van der Waals surface area contributed by atoms with Crippen molar-refractivity contribution in [2.45, 2.75) is 37.4 Å². The second-order valence-electron chi connectivity index (χ2n) is 9.45. The van der Waals surface area contributed by atoms with Gasteiger partial charge in [0.2, 0.25) is 10.0 Å². The van der Waals surface area contributed by atoms with Crippen LogP contribution >= 0.6 is 0 Å². The number of benzene rings is 3. The van der Waals surface area contributed by atoms with Gasteiger partial charge in [-0.05, 0) is 42.8 Å². The summed E-state index contributed by atoms with van der Waals surface area (Å²) in [5.41, 5.74) is 3.09. The number of nitrogens with zero attached hydrogens (tertiary/aromatic N) is 2. The number of hydrogen-bond acceptors (Lipinski definition) is 5. The first-order valence-electron chi connectivity index (χ1n) is 12.0. The zero-order valence-corrected chi connectivity index (χ0v) is 21.4. The molecule has 0 amide bonds. The van der Waals surface area contributed by atoms with E-state index in [9.17, 15) is 13.5 Å². The molecule has 0 bridgehead atoms. The Hall–Kier alpha value is -2.71. The van der Waals surface area contributed by atoms with Gasteiger partial charge in [-0.1, -0.05) is 73.7 Å². The van der Waals surface area contributed by atoms with E-state index in [4.69, 9.17) is 4.74 Å². The van der Waals surface area contributed by atoms with Gasteiger partial charge in [0.15, 0.2) is 0 Å². The minimum Gasteiger partial charge on any atom is -0.487 e. The average molecular weight is 495 g/mol. The molecule has 6 nitrogen and oxygen atoms in total. The quantitative estimate of drug-likeness (QED) is 0.532. The van der Waals surface area contributed by atoms with E-state index in [1.807, 2.05) is 74.6 Å². The third-order valence-corrected chi connectivity index (χ3v) is 8.58. The van der Waals surface area contributed by atoms with Crippen molar-refractivity contribution in [3.8, 4) is 16.9 Å². The summed E-state index contributed by atoms with van der Waals surface area (Å²) in [7, 11) is -1.80. The number of sulfonamides is 1. The van der Waals surface area contributed by atoms with Gasteiger partial charge in [-0.3, -0.25) is 4.90 Å². The maximum absolute atomic E-state index is 13.7. The number of likely N-dealkylation sites (N-methyl/N-ethyl adjacent to an activating group) is 1. The Morgan fingerprint density at radius 3 is 2.34 bits per heavy atom. The van der Waals surface area contributed by atoms with E-state index in [-0.39, 0.29) is 30.1 Å². The lowest BCUT2D eigenvalue weighted by molar-refractivity contribution is 0.0734. The van der Waals surface area contributed by atoms with E-state index in [0.717, 1.165) is 17.7 Å². The monoisotopic (exact) mass is 494 g/mol. The molecule has 4 rings (SSSR count). The third kappa shape index (κ3) is 5.76. The fraction of sp³-hybridized carbons (Fsp3) is 0.357. The lowest BCUT2D eigenvalue weighted by atomic mass is 10.0. The molecule has 0 spiro atoms. The summed E-state index contributed by atoms with van der Waals surface area (Å²) < 4.78 is 35.3. The van der Waals surface area contributed by atoms with Crippen molar-refractivity contribution in [1.82, 2.24) is 9.21 Å². The summed E-state index contributed by atoms with van der Waals surface area (Å²) in [6.45, 7) is 5.17. The van der Waals surface area contributed by atoms with Crippen molar-refractivity contribution in [1.29, 1.82) is 0 Å². The minimum absolute atomic E-state index is 0.0921. The first-order chi connectivity index (χ1) is 16.8. The second kappa shape index (κ2) is 10.9. The van der Waals surface area contributed by atoms with Gasteiger partial charge in [0, 0.05) is 31.6 Å². The van der Waals surface area contributed by atoms with Crippen LogP contribution in [0, 0.1) is 5.92 Å². The van der Waals surface area contributed by atoms with E-state index >= 15 is 0 Å². The van der Waals surface area contributed by atoms with E-state index in [2.05, 4.69) is 17.0 Å². The molecule has 1 N–H and O–H groups in total. The maximum atomic E-state index is 13.7. The molecule has 1 aliphatic heterocycles. The van der Waals surface area contributed by atoms with Gasteiger partial charge in [0.1, 0.15) is 16.7 Å². The summed E-state index contributed by atoms with van der Waals surface area (Å²) in [6, 6.07) is 24.8. The van der Waals surface area contributed by atoms with Crippen molar-refractivity contribution < 1.29 is 18.3 Å². The van der Waals surface area contributed by atoms with Crippen molar-refractivity contribution >= 4 is 10.0 Å². The molecule has 0 unspecified atom stereocenters. The normalized spacial score (nSPS) is 20.9. The Kier molecular flexibility index (Phi) is 7.91. The maximum Gasteiger partial charge on any atom is 0.247 e. The highest BCUT2D eigenvalue weighted by atomic mass is 32.2. The molecule has 7 heteroatoms. The Balaban J connectivity index is 1.72. The van der Waals surface area contributed by atoms with Gasteiger partial charge >= 0.3 is 0 Å². The molecule has 0 saturated heterocycles. The Labute approximate surface area is 208 Å². The molecule has 0 fully saturated rings. The zero-order valence-electron chi connectivity index (χ0n) is 20.5. The molecular formula is C28H34N2O4S. The largest absolute Gasteiger partial charge is 0.487 e. The van der Waals surface area contributed by atoms with Crippen LogP contribution < -0.4 is 4.74 Å². The zero-order chi connectivity index (χ0) is 25.0. The fourth-order valence-corrected chi connectivity index (χ4v) is 6.35. The van der Waals surface area contributed by atoms with Crippen LogP contribution in [0.2, 0.25) is 0 Å². The van der Waals surface area contributed by atoms with Crippen LogP contribution in [0.25, 0.3) is 11.1 Å². The molecule has 0 saturated carbocycles. The molecule has 1 heterocycles. The van der Waals surface area contributed by atoms with E-state index in [1.165, 1.54) is 9.87 Å². The van der Waals surface area contributed by atoms with E-state index < -0.39 is 16.1 Å². The number of ether oxygens (including phenoxy) is 1. The lowest BCUT2D eigenvalue weighted by Crippen LogP contribution is -2.49. The smallest absolute Gasteiger partial charge is 0.247 e. The molecule has 3 aromatic carbocycles. The first kappa shape index (κ1) is 25.4. The van der Waals surface area contributed by atoms with Gasteiger partial charge in [-0.15, -0.1) is 0 Å². The highest BCUT2D eigenvalue weighted by molar-refractivity contribution is 7.89. The summed E-state index contributed by atoms with van der Waals surface area (Å²) in [6.07, 6.45) is -0.239. The first-order valence-corrected chi connectivity index (χ1v) is 13.4. The van der Waals surface area contributed by atoms with Crippen LogP contribution in [-0.4, -0.2) is 61.6 Å². The minimum atomic E-state index is -3.85. The van der Waals surface area contributed by atoms with E-state index in [1.54, 1.807) is 13.0 Å². The van der Waals surface area contributed by atoms with Crippen molar-refractivity contribution in [2.24, 2.45) is 5.92 Å². The van der Waals surface area contributed by atoms with Crippen LogP contribution in [0.4, 0.5) is 0 Å². The predicted octanol–water partition coefficient (Wildman–Crippen LogP) is 4.25. The molecular weight excluding hydrogens is 460 g/mol. The van der Waals surface area contributed by atoms with Crippen molar-refractivity contribution in [3.63, 3.8) is 0 Å². The summed E-state index contributed by atoms with van der Waals surface area (Å²) in [5.74, 6) is 0.261. The summed E-state index contributed by atoms with van der Waals surface area (Å²) >= 11 is 0. The summed E-state index contributed by atoms with van der Waals surface area (Å²) in [4.78, 5) is 2.34. The second-order valence-corrected chi connectivity index (χ2v) is 11.3. The molecule has 3 aromatic rings. The molecule has 0 aromatic heterocycles. The van der Waals surface area contributed by atoms with Gasteiger partial charge < -0.3 is 9.84 Å². The Morgan fingerprint density at radius 1 is 1.03 bits per heavy atom. The molecule has 3 atom stereocenters. The van der Waals surface area contributed by atoms with Crippen molar-refractivity contribution in [2.75, 3.05) is 26.7 Å². The van der Waals surface area contributed by atoms with Crippen LogP contribution in [-0.2, 0) is 16.6 Å². The highest BCUT2D eigenvalue weighted by Crippen LogP contribution is 2.36. The average Bonchev–Trinajstić information content (AvgIpc) is 2.86. The van der Waals surface area contributed by atoms with Crippen LogP contribution in [0.3, 0.4) is 0 Å². The number of fused-ring (bicyclic) bond motifs is 1. The standard InChI is InChI=1S/C28H34N2O4S/c1-21-17-30(22(2)20-31)35(32,33)28-15-14-25(24-12-8-5-9-13-24)16-26(28)34-27(21)19-29(3)18-23-10-6-4-7-11-23/h4-16,21-22,27,31H,17-20H2,1-3H3/t21-,22-,27-/m1/s1. The topological polar surface area (TPSA) is 70.1 Å². The van der Waals surface area contributed by atoms with Gasteiger partial charge in [0.25, 0.3) is 0 Å². The number of aliphatic hydroxyl groups is 1. The van der Waals surface area contributed by atoms with Crippen LogP contribution in [0.1, 0.15) is 19.4 Å². The van der Waals surface area contributed by atoms with Gasteiger partial charge in [-0.2, -0.15) is 4.31 Å². The lowest BCUT2D eigenvalue weighted by Gasteiger charge is -2.37. The summed E-state index contributed by atoms with van der Waals surface area (Å²) in [5, 5.41) is 9.84. The van der Waals surface area contributed by atoms with Crippen LogP contribution in [0.15, 0.2) is 83.8 Å². The van der Waals surface area contributed by atoms with Crippen molar-refractivity contribution in [3.05, 3.63) is 84.4 Å². The van der Waals surface area contributed by atoms with Crippen LogP contribution in [0.5, 0.6) is 5.75 Å². The predicted molar refractivity (Wildman–Crippen MR) is 139 cm³/mol. The molecule has 0 aliphatic carbocycles.